The van der Waals surface area contributed by atoms with Gasteiger partial charge in [0.05, 0.1) is 6.26 Å². The van der Waals surface area contributed by atoms with E-state index in [0.717, 1.165) is 6.26 Å². The van der Waals surface area contributed by atoms with E-state index >= 15 is 0 Å². The molecule has 0 saturated heterocycles. The molecule has 0 aromatic heterocycles. The maximum atomic E-state index is 12.5. The Balaban J connectivity index is 2.27. The fraction of sp³-hybridized carbons (Fsp3) is 0.200. The van der Waals surface area contributed by atoms with Gasteiger partial charge in [-0.25, -0.2) is 0 Å². The summed E-state index contributed by atoms with van der Waals surface area (Å²) >= 11 is 0. The molecule has 2 N–H and O–H groups in total. The number of carbonyl (C=O) groups excluding carboxylic acids is 2. The molecule has 0 spiro atoms. The molecule has 8 heteroatoms. The molecule has 0 bridgehead atoms. The highest BCUT2D eigenvalue weighted by atomic mass is 32.2. The molecule has 0 aliphatic rings. The third-order valence-electron chi connectivity index (χ3n) is 3.39. The Hall–Kier alpha value is -3.13. The van der Waals surface area contributed by atoms with E-state index in [0.29, 0.717) is 11.1 Å². The minimum absolute atomic E-state index is 0.0688. The second-order valence-electron chi connectivity index (χ2n) is 6.36. The van der Waals surface area contributed by atoms with Crippen LogP contribution >= 0.6 is 0 Å². The van der Waals surface area contributed by atoms with Crippen molar-refractivity contribution in [3.05, 3.63) is 71.4 Å². The van der Waals surface area contributed by atoms with Gasteiger partial charge in [0.15, 0.2) is 0 Å². The van der Waals surface area contributed by atoms with Crippen molar-refractivity contribution in [1.82, 2.24) is 10.6 Å². The Bertz CT molecular complexity index is 965. The van der Waals surface area contributed by atoms with E-state index in [-0.39, 0.29) is 17.5 Å². The quantitative estimate of drug-likeness (QED) is 0.547. The standard InChI is InChI=1S/C20H22N2O5S/c1-14(2)21-20(24)18(22-19(23)16-7-5-4-6-8-16)13-15-9-11-17(12-10-15)27-28(3,25)26/h4-14H,1-3H3,(H,21,24)(H,22,23)/b18-13+. The molecule has 0 radical (unpaired) electrons. The largest absolute Gasteiger partial charge is 0.383 e. The van der Waals surface area contributed by atoms with E-state index in [1.807, 2.05) is 13.8 Å². The van der Waals surface area contributed by atoms with Crippen LogP contribution < -0.4 is 14.8 Å². The zero-order chi connectivity index (χ0) is 20.7. The number of amides is 2. The highest BCUT2D eigenvalue weighted by molar-refractivity contribution is 7.86. The summed E-state index contributed by atoms with van der Waals surface area (Å²) in [6, 6.07) is 14.5. The molecule has 0 aliphatic heterocycles. The number of hydrogen-bond donors (Lipinski definition) is 2. The minimum Gasteiger partial charge on any atom is -0.383 e. The number of hydrogen-bond acceptors (Lipinski definition) is 5. The third kappa shape index (κ3) is 6.88. The van der Waals surface area contributed by atoms with Crippen LogP contribution in [0.2, 0.25) is 0 Å². The van der Waals surface area contributed by atoms with Crippen LogP contribution in [0, 0.1) is 0 Å². The number of benzene rings is 2. The number of nitrogens with one attached hydrogen (secondary N) is 2. The molecular formula is C20H22N2O5S. The molecule has 2 aromatic carbocycles. The van der Waals surface area contributed by atoms with Gasteiger partial charge in [0, 0.05) is 11.6 Å². The molecule has 2 amide bonds. The molecule has 2 rings (SSSR count). The van der Waals surface area contributed by atoms with Crippen LogP contribution in [0.4, 0.5) is 0 Å². The van der Waals surface area contributed by atoms with Gasteiger partial charge in [0.25, 0.3) is 11.8 Å². The molecule has 0 heterocycles. The Morgan fingerprint density at radius 1 is 1.00 bits per heavy atom. The van der Waals surface area contributed by atoms with Gasteiger partial charge in [-0.1, -0.05) is 30.3 Å². The van der Waals surface area contributed by atoms with Crippen molar-refractivity contribution in [2.24, 2.45) is 0 Å². The van der Waals surface area contributed by atoms with Crippen LogP contribution in [-0.4, -0.2) is 32.5 Å². The Morgan fingerprint density at radius 2 is 1.61 bits per heavy atom. The van der Waals surface area contributed by atoms with Crippen molar-refractivity contribution >= 4 is 28.0 Å². The third-order valence-corrected chi connectivity index (χ3v) is 3.88. The van der Waals surface area contributed by atoms with Gasteiger partial charge in [0.1, 0.15) is 11.4 Å². The van der Waals surface area contributed by atoms with Gasteiger partial charge < -0.3 is 14.8 Å². The van der Waals surface area contributed by atoms with Crippen LogP contribution in [-0.2, 0) is 14.9 Å². The molecule has 0 atom stereocenters. The van der Waals surface area contributed by atoms with E-state index in [1.165, 1.54) is 18.2 Å². The zero-order valence-corrected chi connectivity index (χ0v) is 16.6. The van der Waals surface area contributed by atoms with Crippen LogP contribution in [0.1, 0.15) is 29.8 Å². The molecule has 0 aliphatic carbocycles. The number of carbonyl (C=O) groups is 2. The lowest BCUT2D eigenvalue weighted by molar-refractivity contribution is -0.118. The fourth-order valence-electron chi connectivity index (χ4n) is 2.24. The summed E-state index contributed by atoms with van der Waals surface area (Å²) in [7, 11) is -3.62. The van der Waals surface area contributed by atoms with Crippen molar-refractivity contribution in [3.63, 3.8) is 0 Å². The van der Waals surface area contributed by atoms with Crippen molar-refractivity contribution in [3.8, 4) is 5.75 Å². The summed E-state index contributed by atoms with van der Waals surface area (Å²) in [4.78, 5) is 24.9. The highest BCUT2D eigenvalue weighted by Crippen LogP contribution is 2.16. The summed E-state index contributed by atoms with van der Waals surface area (Å²) in [5.41, 5.74) is 1.07. The van der Waals surface area contributed by atoms with E-state index in [2.05, 4.69) is 10.6 Å². The van der Waals surface area contributed by atoms with E-state index in [1.54, 1.807) is 42.5 Å². The summed E-state index contributed by atoms with van der Waals surface area (Å²) in [6.07, 6.45) is 2.46. The van der Waals surface area contributed by atoms with Crippen molar-refractivity contribution in [2.75, 3.05) is 6.26 Å². The molecule has 0 saturated carbocycles. The summed E-state index contributed by atoms with van der Waals surface area (Å²) in [5.74, 6) is -0.695. The molecule has 2 aromatic rings. The maximum Gasteiger partial charge on any atom is 0.306 e. The van der Waals surface area contributed by atoms with Crippen LogP contribution in [0.5, 0.6) is 5.75 Å². The molecule has 7 nitrogen and oxygen atoms in total. The van der Waals surface area contributed by atoms with Crippen LogP contribution in [0.25, 0.3) is 6.08 Å². The fourth-order valence-corrected chi connectivity index (χ4v) is 2.70. The van der Waals surface area contributed by atoms with Crippen molar-refractivity contribution in [2.45, 2.75) is 19.9 Å². The van der Waals surface area contributed by atoms with E-state index in [9.17, 15) is 18.0 Å². The minimum atomic E-state index is -3.62. The molecule has 28 heavy (non-hydrogen) atoms. The maximum absolute atomic E-state index is 12.5. The van der Waals surface area contributed by atoms with Gasteiger partial charge in [-0.3, -0.25) is 9.59 Å². The zero-order valence-electron chi connectivity index (χ0n) is 15.8. The van der Waals surface area contributed by atoms with Crippen molar-refractivity contribution < 1.29 is 22.2 Å². The predicted molar refractivity (Wildman–Crippen MR) is 107 cm³/mol. The SMILES string of the molecule is CC(C)NC(=O)/C(=C\c1ccc(OS(C)(=O)=O)cc1)NC(=O)c1ccccc1. The first-order valence-electron chi connectivity index (χ1n) is 8.52. The summed E-state index contributed by atoms with van der Waals surface area (Å²) in [5, 5.41) is 5.36. The topological polar surface area (TPSA) is 102 Å². The van der Waals surface area contributed by atoms with Gasteiger partial charge in [-0.05, 0) is 49.8 Å². The monoisotopic (exact) mass is 402 g/mol. The van der Waals surface area contributed by atoms with Gasteiger partial charge in [-0.15, -0.1) is 0 Å². The van der Waals surface area contributed by atoms with Crippen LogP contribution in [0.15, 0.2) is 60.3 Å². The summed E-state index contributed by atoms with van der Waals surface area (Å²) < 4.78 is 27.1. The smallest absolute Gasteiger partial charge is 0.306 e. The van der Waals surface area contributed by atoms with Gasteiger partial charge >= 0.3 is 10.1 Å². The Kier molecular flexibility index (Phi) is 6.94. The first-order chi connectivity index (χ1) is 13.1. The second kappa shape index (κ2) is 9.18. The van der Waals surface area contributed by atoms with Gasteiger partial charge in [-0.2, -0.15) is 8.42 Å². The molecule has 0 unspecified atom stereocenters. The molecule has 0 fully saturated rings. The molecular weight excluding hydrogens is 380 g/mol. The predicted octanol–water partition coefficient (Wildman–Crippen LogP) is 2.32. The average Bonchev–Trinajstić information content (AvgIpc) is 2.61. The Labute approximate surface area is 164 Å². The first kappa shape index (κ1) is 21.2. The van der Waals surface area contributed by atoms with Gasteiger partial charge in [0.2, 0.25) is 0 Å². The van der Waals surface area contributed by atoms with E-state index in [4.69, 9.17) is 4.18 Å². The highest BCUT2D eigenvalue weighted by Gasteiger charge is 2.15. The van der Waals surface area contributed by atoms with Crippen LogP contribution in [0.3, 0.4) is 0 Å². The summed E-state index contributed by atoms with van der Waals surface area (Å²) in [6.45, 7) is 3.62. The lowest BCUT2D eigenvalue weighted by atomic mass is 10.1. The molecule has 148 valence electrons. The normalized spacial score (nSPS) is 11.8. The lowest BCUT2D eigenvalue weighted by Gasteiger charge is -2.13. The first-order valence-corrected chi connectivity index (χ1v) is 10.3. The lowest BCUT2D eigenvalue weighted by Crippen LogP contribution is -2.38. The number of rotatable bonds is 7. The Morgan fingerprint density at radius 3 is 2.14 bits per heavy atom. The second-order valence-corrected chi connectivity index (χ2v) is 7.94. The van der Waals surface area contributed by atoms with E-state index < -0.39 is 21.9 Å². The van der Waals surface area contributed by atoms with Crippen molar-refractivity contribution in [1.29, 1.82) is 0 Å². The average molecular weight is 402 g/mol.